The summed E-state index contributed by atoms with van der Waals surface area (Å²) in [6.07, 6.45) is 0. The lowest BCUT2D eigenvalue weighted by molar-refractivity contribution is -0.385. The Hall–Kier alpha value is -2.24. The molecular weight excluding hydrogens is 248 g/mol. The third-order valence-electron chi connectivity index (χ3n) is 2.97. The Bertz CT molecular complexity index is 513. The maximum absolute atomic E-state index is 11.5. The smallest absolute Gasteiger partial charge is 0.274 e. The van der Waals surface area contributed by atoms with Gasteiger partial charge in [-0.05, 0) is 6.92 Å². The standard InChI is InChI=1S/C13H16N2O4/c1-8(9(2)16)13(14-10(3)17)11-6-4-5-7-12(11)15(18)19/h4-8,13H,1-3H3,(H,14,17)/t8-,13-/m0/s1. The van der Waals surface area contributed by atoms with E-state index in [2.05, 4.69) is 5.32 Å². The van der Waals surface area contributed by atoms with Crippen molar-refractivity contribution in [1.82, 2.24) is 5.32 Å². The molecule has 0 aliphatic carbocycles. The molecule has 1 aromatic carbocycles. The van der Waals surface area contributed by atoms with Crippen molar-refractivity contribution in [1.29, 1.82) is 0 Å². The Morgan fingerprint density at radius 2 is 1.84 bits per heavy atom. The molecule has 0 saturated heterocycles. The van der Waals surface area contributed by atoms with Gasteiger partial charge in [-0.15, -0.1) is 0 Å². The Balaban J connectivity index is 3.28. The molecule has 0 unspecified atom stereocenters. The highest BCUT2D eigenvalue weighted by Crippen LogP contribution is 2.30. The summed E-state index contributed by atoms with van der Waals surface area (Å²) in [7, 11) is 0. The number of nitrogens with zero attached hydrogens (tertiary/aromatic N) is 1. The molecule has 0 aromatic heterocycles. The van der Waals surface area contributed by atoms with E-state index in [-0.39, 0.29) is 17.4 Å². The largest absolute Gasteiger partial charge is 0.349 e. The number of hydrogen-bond donors (Lipinski definition) is 1. The van der Waals surface area contributed by atoms with Gasteiger partial charge in [-0.1, -0.05) is 25.1 Å². The Morgan fingerprint density at radius 1 is 1.26 bits per heavy atom. The lowest BCUT2D eigenvalue weighted by Gasteiger charge is -2.23. The number of nitro benzene ring substituents is 1. The van der Waals surface area contributed by atoms with E-state index in [0.717, 1.165) is 0 Å². The number of carbonyl (C=O) groups is 2. The van der Waals surface area contributed by atoms with E-state index in [9.17, 15) is 19.7 Å². The van der Waals surface area contributed by atoms with Crippen LogP contribution in [-0.4, -0.2) is 16.6 Å². The summed E-state index contributed by atoms with van der Waals surface area (Å²) in [5.41, 5.74) is 0.236. The summed E-state index contributed by atoms with van der Waals surface area (Å²) in [5.74, 6) is -1.02. The van der Waals surface area contributed by atoms with Gasteiger partial charge in [0.15, 0.2) is 0 Å². The predicted molar refractivity (Wildman–Crippen MR) is 69.5 cm³/mol. The average molecular weight is 264 g/mol. The van der Waals surface area contributed by atoms with Crippen LogP contribution in [-0.2, 0) is 9.59 Å². The van der Waals surface area contributed by atoms with Crippen LogP contribution in [0, 0.1) is 16.0 Å². The minimum absolute atomic E-state index is 0.102. The number of hydrogen-bond acceptors (Lipinski definition) is 4. The first kappa shape index (κ1) is 14.8. The predicted octanol–water partition coefficient (Wildman–Crippen LogP) is 2.00. The number of Topliss-reactive ketones (excluding diaryl/α,β-unsaturated/α-hetero) is 1. The maximum Gasteiger partial charge on any atom is 0.274 e. The van der Waals surface area contributed by atoms with E-state index >= 15 is 0 Å². The third kappa shape index (κ3) is 3.61. The molecule has 0 radical (unpaired) electrons. The highest BCUT2D eigenvalue weighted by atomic mass is 16.6. The van der Waals surface area contributed by atoms with E-state index in [1.54, 1.807) is 25.1 Å². The molecule has 0 aliphatic heterocycles. The first-order chi connectivity index (χ1) is 8.84. The molecule has 1 N–H and O–H groups in total. The first-order valence-electron chi connectivity index (χ1n) is 5.85. The summed E-state index contributed by atoms with van der Waals surface area (Å²) >= 11 is 0. The number of benzene rings is 1. The summed E-state index contributed by atoms with van der Waals surface area (Å²) in [6, 6.07) is 5.40. The zero-order valence-electron chi connectivity index (χ0n) is 11.0. The van der Waals surface area contributed by atoms with Crippen LogP contribution in [0.4, 0.5) is 5.69 Å². The molecule has 6 heteroatoms. The molecule has 6 nitrogen and oxygen atoms in total. The van der Waals surface area contributed by atoms with Gasteiger partial charge in [-0.2, -0.15) is 0 Å². The molecule has 2 atom stereocenters. The second kappa shape index (κ2) is 6.08. The quantitative estimate of drug-likeness (QED) is 0.650. The minimum Gasteiger partial charge on any atom is -0.349 e. The molecule has 0 fully saturated rings. The lowest BCUT2D eigenvalue weighted by atomic mass is 9.90. The number of rotatable bonds is 5. The van der Waals surface area contributed by atoms with Crippen LogP contribution in [0.5, 0.6) is 0 Å². The molecular formula is C13H16N2O4. The first-order valence-corrected chi connectivity index (χ1v) is 5.85. The van der Waals surface area contributed by atoms with Gasteiger partial charge in [0.1, 0.15) is 5.78 Å². The van der Waals surface area contributed by atoms with Crippen LogP contribution in [0.25, 0.3) is 0 Å². The van der Waals surface area contributed by atoms with E-state index in [1.807, 2.05) is 0 Å². The van der Waals surface area contributed by atoms with E-state index in [1.165, 1.54) is 19.9 Å². The fourth-order valence-corrected chi connectivity index (χ4v) is 1.84. The molecule has 102 valence electrons. The summed E-state index contributed by atoms with van der Waals surface area (Å²) in [5, 5.41) is 13.6. The van der Waals surface area contributed by atoms with Crippen LogP contribution < -0.4 is 5.32 Å². The van der Waals surface area contributed by atoms with Gasteiger partial charge < -0.3 is 5.32 Å². The van der Waals surface area contributed by atoms with Gasteiger partial charge in [-0.3, -0.25) is 19.7 Å². The maximum atomic E-state index is 11.5. The summed E-state index contributed by atoms with van der Waals surface area (Å²) < 4.78 is 0. The van der Waals surface area contributed by atoms with Gasteiger partial charge >= 0.3 is 0 Å². The Morgan fingerprint density at radius 3 is 2.32 bits per heavy atom. The molecule has 0 aliphatic rings. The monoisotopic (exact) mass is 264 g/mol. The van der Waals surface area contributed by atoms with Crippen LogP contribution >= 0.6 is 0 Å². The molecule has 1 rings (SSSR count). The van der Waals surface area contributed by atoms with E-state index in [0.29, 0.717) is 5.56 Å². The topological polar surface area (TPSA) is 89.3 Å². The van der Waals surface area contributed by atoms with Crippen molar-refractivity contribution in [2.24, 2.45) is 5.92 Å². The number of amides is 1. The van der Waals surface area contributed by atoms with Crippen molar-refractivity contribution in [3.63, 3.8) is 0 Å². The number of nitro groups is 1. The zero-order chi connectivity index (χ0) is 14.6. The minimum atomic E-state index is -0.698. The SMILES string of the molecule is CC(=O)N[C@H](c1ccccc1[N+](=O)[O-])[C@@H](C)C(C)=O. The molecule has 0 spiro atoms. The molecule has 1 aromatic rings. The zero-order valence-corrected chi connectivity index (χ0v) is 11.0. The average Bonchev–Trinajstić information content (AvgIpc) is 2.34. The summed E-state index contributed by atoms with van der Waals surface area (Å²) in [4.78, 5) is 33.2. The van der Waals surface area contributed by atoms with Crippen molar-refractivity contribution in [3.8, 4) is 0 Å². The Kier molecular flexibility index (Phi) is 4.74. The number of ketones is 1. The number of para-hydroxylation sites is 1. The van der Waals surface area contributed by atoms with Gasteiger partial charge in [-0.25, -0.2) is 0 Å². The van der Waals surface area contributed by atoms with Crippen LogP contribution in [0.3, 0.4) is 0 Å². The van der Waals surface area contributed by atoms with Crippen LogP contribution in [0.2, 0.25) is 0 Å². The second-order valence-electron chi connectivity index (χ2n) is 4.39. The van der Waals surface area contributed by atoms with Crippen molar-refractivity contribution in [3.05, 3.63) is 39.9 Å². The molecule has 19 heavy (non-hydrogen) atoms. The molecule has 0 saturated carbocycles. The molecule has 1 amide bonds. The number of nitrogens with one attached hydrogen (secondary N) is 1. The number of carbonyl (C=O) groups excluding carboxylic acids is 2. The van der Waals surface area contributed by atoms with Crippen molar-refractivity contribution < 1.29 is 14.5 Å². The van der Waals surface area contributed by atoms with E-state index in [4.69, 9.17) is 0 Å². The van der Waals surface area contributed by atoms with E-state index < -0.39 is 16.9 Å². The van der Waals surface area contributed by atoms with Crippen molar-refractivity contribution in [2.45, 2.75) is 26.8 Å². The van der Waals surface area contributed by atoms with Crippen LogP contribution in [0.15, 0.2) is 24.3 Å². The second-order valence-corrected chi connectivity index (χ2v) is 4.39. The fraction of sp³-hybridized carbons (Fsp3) is 0.385. The fourth-order valence-electron chi connectivity index (χ4n) is 1.84. The normalized spacial score (nSPS) is 13.4. The third-order valence-corrected chi connectivity index (χ3v) is 2.97. The van der Waals surface area contributed by atoms with Crippen LogP contribution in [0.1, 0.15) is 32.4 Å². The summed E-state index contributed by atoms with van der Waals surface area (Å²) in [6.45, 7) is 4.35. The van der Waals surface area contributed by atoms with Crippen molar-refractivity contribution >= 4 is 17.4 Å². The van der Waals surface area contributed by atoms with Gasteiger partial charge in [0, 0.05) is 18.9 Å². The highest BCUT2D eigenvalue weighted by Gasteiger charge is 2.29. The van der Waals surface area contributed by atoms with Gasteiger partial charge in [0.05, 0.1) is 16.5 Å². The highest BCUT2D eigenvalue weighted by molar-refractivity contribution is 5.81. The molecule has 0 bridgehead atoms. The van der Waals surface area contributed by atoms with Gasteiger partial charge in [0.25, 0.3) is 5.69 Å². The Labute approximate surface area is 111 Å². The lowest BCUT2D eigenvalue weighted by Crippen LogP contribution is -2.33. The van der Waals surface area contributed by atoms with Crippen molar-refractivity contribution in [2.75, 3.05) is 0 Å². The molecule has 0 heterocycles. The van der Waals surface area contributed by atoms with Gasteiger partial charge in [0.2, 0.25) is 5.91 Å².